The Morgan fingerprint density at radius 2 is 2.05 bits per heavy atom. The van der Waals surface area contributed by atoms with E-state index in [4.69, 9.17) is 11.6 Å². The minimum Gasteiger partial charge on any atom is -0.376 e. The lowest BCUT2D eigenvalue weighted by molar-refractivity contribution is -0.119. The highest BCUT2D eigenvalue weighted by Crippen LogP contribution is 2.15. The van der Waals surface area contributed by atoms with Gasteiger partial charge in [0.05, 0.1) is 12.8 Å². The van der Waals surface area contributed by atoms with E-state index >= 15 is 0 Å². The van der Waals surface area contributed by atoms with Crippen LogP contribution in [0.5, 0.6) is 0 Å². The van der Waals surface area contributed by atoms with Gasteiger partial charge >= 0.3 is 0 Å². The van der Waals surface area contributed by atoms with Crippen molar-refractivity contribution >= 4 is 45.3 Å². The quantitative estimate of drug-likeness (QED) is 0.627. The molecule has 2 aromatic carbocycles. The molecule has 1 amide bonds. The molecule has 2 N–H and O–H groups in total. The third-order valence-corrected chi connectivity index (χ3v) is 3.26. The van der Waals surface area contributed by atoms with Crippen LogP contribution in [-0.4, -0.2) is 18.7 Å². The molecule has 0 aliphatic rings. The lowest BCUT2D eigenvalue weighted by Crippen LogP contribution is -2.25. The van der Waals surface area contributed by atoms with Gasteiger partial charge < -0.3 is 5.32 Å². The maximum absolute atomic E-state index is 11.6. The van der Waals surface area contributed by atoms with E-state index in [0.29, 0.717) is 5.02 Å². The van der Waals surface area contributed by atoms with E-state index in [2.05, 4.69) is 31.8 Å². The minimum atomic E-state index is -0.228. The average molecular weight is 367 g/mol. The Kier molecular flexibility index (Phi) is 5.78. The molecular weight excluding hydrogens is 354 g/mol. The van der Waals surface area contributed by atoms with Gasteiger partial charge in [-0.25, -0.2) is 5.43 Å². The smallest absolute Gasteiger partial charge is 0.259 e. The van der Waals surface area contributed by atoms with E-state index < -0.39 is 0 Å². The first-order valence-corrected chi connectivity index (χ1v) is 7.37. The van der Waals surface area contributed by atoms with Crippen molar-refractivity contribution in [1.82, 2.24) is 5.43 Å². The predicted octanol–water partition coefficient (Wildman–Crippen LogP) is 3.66. The number of hydrogen-bond donors (Lipinski definition) is 2. The van der Waals surface area contributed by atoms with E-state index in [9.17, 15) is 4.79 Å². The van der Waals surface area contributed by atoms with Gasteiger partial charge in [0, 0.05) is 15.2 Å². The van der Waals surface area contributed by atoms with Crippen LogP contribution in [0.15, 0.2) is 58.1 Å². The normalized spacial score (nSPS) is 10.6. The van der Waals surface area contributed by atoms with Crippen molar-refractivity contribution in [2.24, 2.45) is 5.10 Å². The van der Waals surface area contributed by atoms with Crippen LogP contribution in [0.25, 0.3) is 0 Å². The predicted molar refractivity (Wildman–Crippen MR) is 89.8 cm³/mol. The zero-order chi connectivity index (χ0) is 15.1. The molecule has 0 aliphatic carbocycles. The summed E-state index contributed by atoms with van der Waals surface area (Å²) >= 11 is 9.22. The maximum Gasteiger partial charge on any atom is 0.259 e. The van der Waals surface area contributed by atoms with Crippen LogP contribution in [0.3, 0.4) is 0 Å². The fourth-order valence-corrected chi connectivity index (χ4v) is 2.18. The Morgan fingerprint density at radius 1 is 1.24 bits per heavy atom. The van der Waals surface area contributed by atoms with Crippen molar-refractivity contribution in [2.75, 3.05) is 11.9 Å². The second-order valence-corrected chi connectivity index (χ2v) is 5.56. The van der Waals surface area contributed by atoms with Crippen LogP contribution in [0.2, 0.25) is 5.02 Å². The van der Waals surface area contributed by atoms with Gasteiger partial charge in [-0.2, -0.15) is 5.10 Å². The van der Waals surface area contributed by atoms with E-state index in [1.54, 1.807) is 18.3 Å². The van der Waals surface area contributed by atoms with Gasteiger partial charge in [-0.05, 0) is 35.9 Å². The summed E-state index contributed by atoms with van der Waals surface area (Å²) in [6, 6.07) is 14.8. The summed E-state index contributed by atoms with van der Waals surface area (Å²) in [6.07, 6.45) is 1.54. The second kappa shape index (κ2) is 7.81. The van der Waals surface area contributed by atoms with Gasteiger partial charge in [0.1, 0.15) is 0 Å². The van der Waals surface area contributed by atoms with Gasteiger partial charge in [0.15, 0.2) is 0 Å². The summed E-state index contributed by atoms with van der Waals surface area (Å²) < 4.78 is 0.951. The van der Waals surface area contributed by atoms with Crippen LogP contribution >= 0.6 is 27.5 Å². The second-order valence-electron chi connectivity index (χ2n) is 4.21. The summed E-state index contributed by atoms with van der Waals surface area (Å²) in [5.74, 6) is -0.228. The van der Waals surface area contributed by atoms with Gasteiger partial charge in [0.25, 0.3) is 5.91 Å². The molecule has 0 radical (unpaired) electrons. The first kappa shape index (κ1) is 15.5. The first-order valence-electron chi connectivity index (χ1n) is 6.20. The molecule has 0 heterocycles. The number of halogens is 2. The number of nitrogens with one attached hydrogen (secondary N) is 2. The van der Waals surface area contributed by atoms with Gasteiger partial charge in [-0.3, -0.25) is 4.79 Å². The number of anilines is 1. The number of hydrazone groups is 1. The number of nitrogens with zero attached hydrogens (tertiary/aromatic N) is 1. The van der Waals surface area contributed by atoms with Crippen LogP contribution in [0.4, 0.5) is 5.69 Å². The number of hydrogen-bond acceptors (Lipinski definition) is 3. The zero-order valence-corrected chi connectivity index (χ0v) is 13.4. The van der Waals surface area contributed by atoms with E-state index in [0.717, 1.165) is 15.7 Å². The first-order chi connectivity index (χ1) is 10.1. The molecule has 0 saturated heterocycles. The Balaban J connectivity index is 1.80. The summed E-state index contributed by atoms with van der Waals surface area (Å²) in [4.78, 5) is 11.6. The molecule has 0 aromatic heterocycles. The topological polar surface area (TPSA) is 53.5 Å². The average Bonchev–Trinajstić information content (AvgIpc) is 2.45. The monoisotopic (exact) mass is 365 g/mol. The lowest BCUT2D eigenvalue weighted by Gasteiger charge is -2.05. The third kappa shape index (κ3) is 5.57. The Labute approximate surface area is 136 Å². The molecule has 2 rings (SSSR count). The van der Waals surface area contributed by atoms with Crippen molar-refractivity contribution in [2.45, 2.75) is 0 Å². The van der Waals surface area contributed by atoms with Crippen molar-refractivity contribution < 1.29 is 4.79 Å². The SMILES string of the molecule is O=C(CNc1cccc(Br)c1)N/N=C\c1cccc(Cl)c1. The summed E-state index contributed by atoms with van der Waals surface area (Å²) in [7, 11) is 0. The highest BCUT2D eigenvalue weighted by molar-refractivity contribution is 9.10. The Hall–Kier alpha value is -1.85. The van der Waals surface area contributed by atoms with Crippen LogP contribution in [0.1, 0.15) is 5.56 Å². The molecule has 21 heavy (non-hydrogen) atoms. The summed E-state index contributed by atoms with van der Waals surface area (Å²) in [5, 5.41) is 7.51. The molecule has 0 saturated carbocycles. The van der Waals surface area contributed by atoms with Crippen LogP contribution in [-0.2, 0) is 4.79 Å². The fraction of sp³-hybridized carbons (Fsp3) is 0.0667. The molecule has 0 bridgehead atoms. The third-order valence-electron chi connectivity index (χ3n) is 2.53. The Bertz CT molecular complexity index is 661. The summed E-state index contributed by atoms with van der Waals surface area (Å²) in [6.45, 7) is 0.142. The molecule has 108 valence electrons. The number of carbonyl (C=O) groups excluding carboxylic acids is 1. The number of carbonyl (C=O) groups is 1. The van der Waals surface area contributed by atoms with E-state index in [1.165, 1.54) is 0 Å². The lowest BCUT2D eigenvalue weighted by atomic mass is 10.2. The summed E-state index contributed by atoms with van der Waals surface area (Å²) in [5.41, 5.74) is 4.13. The molecule has 0 spiro atoms. The molecule has 0 fully saturated rings. The fourth-order valence-electron chi connectivity index (χ4n) is 1.59. The number of benzene rings is 2. The molecule has 0 atom stereocenters. The van der Waals surface area contributed by atoms with E-state index in [-0.39, 0.29) is 12.5 Å². The van der Waals surface area contributed by atoms with Crippen molar-refractivity contribution in [3.05, 3.63) is 63.6 Å². The van der Waals surface area contributed by atoms with E-state index in [1.807, 2.05) is 36.4 Å². The molecular formula is C15H13BrClN3O. The van der Waals surface area contributed by atoms with Crippen molar-refractivity contribution in [3.8, 4) is 0 Å². The van der Waals surface area contributed by atoms with Crippen molar-refractivity contribution in [1.29, 1.82) is 0 Å². The number of amides is 1. The molecule has 0 aliphatic heterocycles. The van der Waals surface area contributed by atoms with Gasteiger partial charge in [0.2, 0.25) is 0 Å². The molecule has 0 unspecified atom stereocenters. The van der Waals surface area contributed by atoms with Gasteiger partial charge in [-0.15, -0.1) is 0 Å². The van der Waals surface area contributed by atoms with Crippen molar-refractivity contribution in [3.63, 3.8) is 0 Å². The molecule has 2 aromatic rings. The Morgan fingerprint density at radius 3 is 2.81 bits per heavy atom. The number of rotatable bonds is 5. The minimum absolute atomic E-state index is 0.142. The van der Waals surface area contributed by atoms with Gasteiger partial charge in [-0.1, -0.05) is 45.7 Å². The molecule has 6 heteroatoms. The highest BCUT2D eigenvalue weighted by Gasteiger charge is 1.99. The largest absolute Gasteiger partial charge is 0.376 e. The highest BCUT2D eigenvalue weighted by atomic mass is 79.9. The van der Waals surface area contributed by atoms with Crippen LogP contribution in [0, 0.1) is 0 Å². The van der Waals surface area contributed by atoms with Crippen LogP contribution < -0.4 is 10.7 Å². The standard InChI is InChI=1S/C15H13BrClN3O/c16-12-4-2-6-14(8-12)18-10-15(21)20-19-9-11-3-1-5-13(17)7-11/h1-9,18H,10H2,(H,20,21)/b19-9-. The maximum atomic E-state index is 11.6. The zero-order valence-electron chi connectivity index (χ0n) is 11.0. The molecule has 4 nitrogen and oxygen atoms in total.